The fourth-order valence-corrected chi connectivity index (χ4v) is 3.42. The third-order valence-corrected chi connectivity index (χ3v) is 4.75. The summed E-state index contributed by atoms with van der Waals surface area (Å²) in [6, 6.07) is 15.5. The summed E-state index contributed by atoms with van der Waals surface area (Å²) >= 11 is 1.32. The van der Waals surface area contributed by atoms with Crippen LogP contribution in [0.5, 0.6) is 11.5 Å². The number of hydrogen-bond donors (Lipinski definition) is 1. The largest absolute Gasteiger partial charge is 0.491 e. The van der Waals surface area contributed by atoms with Crippen molar-refractivity contribution in [1.29, 1.82) is 0 Å². The Morgan fingerprint density at radius 2 is 1.80 bits per heavy atom. The zero-order valence-corrected chi connectivity index (χ0v) is 17.0. The Balaban J connectivity index is 1.46. The highest BCUT2D eigenvalue weighted by Gasteiger charge is 2.13. The molecule has 158 valence electrons. The van der Waals surface area contributed by atoms with Gasteiger partial charge in [-0.2, -0.15) is 8.78 Å². The van der Waals surface area contributed by atoms with Gasteiger partial charge in [0.1, 0.15) is 24.7 Å². The number of ether oxygens (including phenoxy) is 3. The first-order chi connectivity index (χ1) is 14.5. The van der Waals surface area contributed by atoms with Crippen molar-refractivity contribution in [3.63, 3.8) is 0 Å². The number of halogens is 2. The number of carbonyl (C=O) groups is 1. The summed E-state index contributed by atoms with van der Waals surface area (Å²) in [5.41, 5.74) is 1.40. The predicted octanol–water partition coefficient (Wildman–Crippen LogP) is 4.75. The lowest BCUT2D eigenvalue weighted by Gasteiger charge is -2.06. The van der Waals surface area contributed by atoms with Crippen molar-refractivity contribution in [2.75, 3.05) is 25.1 Å². The van der Waals surface area contributed by atoms with Crippen LogP contribution in [0, 0.1) is 6.92 Å². The van der Waals surface area contributed by atoms with Gasteiger partial charge in [-0.1, -0.05) is 18.2 Å². The van der Waals surface area contributed by atoms with Crippen LogP contribution in [0.2, 0.25) is 0 Å². The summed E-state index contributed by atoms with van der Waals surface area (Å²) in [6.45, 7) is -0.513. The van der Waals surface area contributed by atoms with E-state index in [0.717, 1.165) is 16.2 Å². The molecule has 0 fully saturated rings. The summed E-state index contributed by atoms with van der Waals surface area (Å²) in [7, 11) is 0. The van der Waals surface area contributed by atoms with Gasteiger partial charge in [-0.3, -0.25) is 10.1 Å². The van der Waals surface area contributed by atoms with Crippen molar-refractivity contribution in [1.82, 2.24) is 4.98 Å². The normalized spacial score (nSPS) is 10.8. The first-order valence-corrected chi connectivity index (χ1v) is 9.91. The van der Waals surface area contributed by atoms with Gasteiger partial charge in [-0.15, -0.1) is 11.3 Å². The molecule has 0 atom stereocenters. The van der Waals surface area contributed by atoms with Gasteiger partial charge in [0.25, 0.3) is 5.91 Å². The van der Waals surface area contributed by atoms with Crippen LogP contribution < -0.4 is 14.8 Å². The Kier molecular flexibility index (Phi) is 7.69. The number of nitrogens with zero attached hydrogens (tertiary/aromatic N) is 1. The van der Waals surface area contributed by atoms with Crippen molar-refractivity contribution < 1.29 is 27.8 Å². The minimum Gasteiger partial charge on any atom is -0.491 e. The Morgan fingerprint density at radius 1 is 1.07 bits per heavy atom. The number of rotatable bonds is 10. The summed E-state index contributed by atoms with van der Waals surface area (Å²) in [5, 5.41) is 3.13. The SMILES string of the molecule is Cc1sc(NC(=O)COCCOc2ccccc2)nc1-c1ccc(OC(F)F)cc1. The van der Waals surface area contributed by atoms with Crippen molar-refractivity contribution in [3.05, 3.63) is 59.5 Å². The lowest BCUT2D eigenvalue weighted by molar-refractivity contribution is -0.120. The zero-order chi connectivity index (χ0) is 21.3. The smallest absolute Gasteiger partial charge is 0.387 e. The van der Waals surface area contributed by atoms with Gasteiger partial charge < -0.3 is 14.2 Å². The van der Waals surface area contributed by atoms with Crippen LogP contribution in [-0.4, -0.2) is 37.3 Å². The highest BCUT2D eigenvalue weighted by atomic mass is 32.1. The zero-order valence-electron chi connectivity index (χ0n) is 16.1. The average Bonchev–Trinajstić information content (AvgIpc) is 3.08. The van der Waals surface area contributed by atoms with Crippen molar-refractivity contribution in [2.45, 2.75) is 13.5 Å². The first-order valence-electron chi connectivity index (χ1n) is 9.09. The third-order valence-electron chi connectivity index (χ3n) is 3.87. The molecule has 0 radical (unpaired) electrons. The fourth-order valence-electron chi connectivity index (χ4n) is 2.57. The summed E-state index contributed by atoms with van der Waals surface area (Å²) in [4.78, 5) is 17.3. The van der Waals surface area contributed by atoms with Crippen LogP contribution >= 0.6 is 11.3 Å². The Labute approximate surface area is 176 Å². The molecule has 0 aliphatic rings. The van der Waals surface area contributed by atoms with Crippen LogP contribution in [-0.2, 0) is 9.53 Å². The van der Waals surface area contributed by atoms with Crippen LogP contribution in [0.1, 0.15) is 4.88 Å². The van der Waals surface area contributed by atoms with E-state index in [-0.39, 0.29) is 24.9 Å². The van der Waals surface area contributed by atoms with Gasteiger partial charge in [0, 0.05) is 10.4 Å². The van der Waals surface area contributed by atoms with E-state index in [1.165, 1.54) is 23.5 Å². The molecule has 2 aromatic carbocycles. The molecule has 0 aliphatic heterocycles. The first kappa shape index (κ1) is 21.7. The van der Waals surface area contributed by atoms with E-state index in [0.29, 0.717) is 17.4 Å². The highest BCUT2D eigenvalue weighted by molar-refractivity contribution is 7.16. The second-order valence-corrected chi connectivity index (χ2v) is 7.29. The van der Waals surface area contributed by atoms with Crippen LogP contribution in [0.25, 0.3) is 11.3 Å². The maximum atomic E-state index is 12.3. The number of nitrogens with one attached hydrogen (secondary N) is 1. The van der Waals surface area contributed by atoms with E-state index < -0.39 is 6.61 Å². The Hall–Kier alpha value is -3.04. The molecular formula is C21H20F2N2O4S. The second-order valence-electron chi connectivity index (χ2n) is 6.09. The standard InChI is InChI=1S/C21H20F2N2O4S/c1-14-19(15-7-9-17(10-8-15)29-20(22)23)25-21(30-14)24-18(26)13-27-11-12-28-16-5-3-2-4-6-16/h2-10,20H,11-13H2,1H3,(H,24,25,26). The van der Waals surface area contributed by atoms with E-state index >= 15 is 0 Å². The topological polar surface area (TPSA) is 69.7 Å². The molecule has 1 heterocycles. The number of amides is 1. The molecule has 0 spiro atoms. The minimum absolute atomic E-state index is 0.0727. The summed E-state index contributed by atoms with van der Waals surface area (Å²) < 4.78 is 39.7. The van der Waals surface area contributed by atoms with Crippen molar-refractivity contribution >= 4 is 22.4 Å². The molecule has 0 aliphatic carbocycles. The average molecular weight is 434 g/mol. The quantitative estimate of drug-likeness (QED) is 0.466. The van der Waals surface area contributed by atoms with Gasteiger partial charge in [-0.05, 0) is 43.3 Å². The molecule has 6 nitrogen and oxygen atoms in total. The molecule has 3 rings (SSSR count). The van der Waals surface area contributed by atoms with Gasteiger partial charge >= 0.3 is 6.61 Å². The molecule has 0 unspecified atom stereocenters. The lowest BCUT2D eigenvalue weighted by atomic mass is 10.1. The van der Waals surface area contributed by atoms with E-state index in [4.69, 9.17) is 9.47 Å². The van der Waals surface area contributed by atoms with Crippen LogP contribution in [0.4, 0.5) is 13.9 Å². The van der Waals surface area contributed by atoms with Crippen molar-refractivity contribution in [2.24, 2.45) is 0 Å². The number of aromatic nitrogens is 1. The second kappa shape index (κ2) is 10.7. The van der Waals surface area contributed by atoms with Gasteiger partial charge in [0.2, 0.25) is 0 Å². The molecule has 3 aromatic rings. The van der Waals surface area contributed by atoms with E-state index in [2.05, 4.69) is 15.0 Å². The molecule has 0 saturated heterocycles. The predicted molar refractivity (Wildman–Crippen MR) is 110 cm³/mol. The molecule has 0 bridgehead atoms. The van der Waals surface area contributed by atoms with Crippen LogP contribution in [0.15, 0.2) is 54.6 Å². The molecule has 30 heavy (non-hydrogen) atoms. The number of thiazole rings is 1. The maximum Gasteiger partial charge on any atom is 0.387 e. The van der Waals surface area contributed by atoms with E-state index in [1.54, 1.807) is 12.1 Å². The van der Waals surface area contributed by atoms with Gasteiger partial charge in [0.05, 0.1) is 12.3 Å². The highest BCUT2D eigenvalue weighted by Crippen LogP contribution is 2.31. The summed E-state index contributed by atoms with van der Waals surface area (Å²) in [6.07, 6.45) is 0. The Morgan fingerprint density at radius 3 is 2.50 bits per heavy atom. The maximum absolute atomic E-state index is 12.3. The third kappa shape index (κ3) is 6.50. The lowest BCUT2D eigenvalue weighted by Crippen LogP contribution is -2.20. The van der Waals surface area contributed by atoms with Crippen molar-refractivity contribution in [3.8, 4) is 22.8 Å². The number of aryl methyl sites for hydroxylation is 1. The Bertz CT molecular complexity index is 949. The van der Waals surface area contributed by atoms with E-state index in [9.17, 15) is 13.6 Å². The number of alkyl halides is 2. The number of carbonyl (C=O) groups excluding carboxylic acids is 1. The number of hydrogen-bond acceptors (Lipinski definition) is 6. The fraction of sp³-hybridized carbons (Fsp3) is 0.238. The van der Waals surface area contributed by atoms with E-state index in [1.807, 2.05) is 37.3 Å². The molecule has 1 N–H and O–H groups in total. The molecular weight excluding hydrogens is 414 g/mol. The molecule has 1 aromatic heterocycles. The number of anilines is 1. The molecule has 0 saturated carbocycles. The molecule has 9 heteroatoms. The van der Waals surface area contributed by atoms with Gasteiger partial charge in [0.15, 0.2) is 5.13 Å². The number of para-hydroxylation sites is 1. The summed E-state index contributed by atoms with van der Waals surface area (Å²) in [5.74, 6) is 0.490. The van der Waals surface area contributed by atoms with Gasteiger partial charge in [-0.25, -0.2) is 4.98 Å². The number of benzene rings is 2. The molecule has 1 amide bonds. The van der Waals surface area contributed by atoms with Crippen LogP contribution in [0.3, 0.4) is 0 Å². The minimum atomic E-state index is -2.87. The monoisotopic (exact) mass is 434 g/mol.